The second-order valence-corrected chi connectivity index (χ2v) is 3.89. The van der Waals surface area contributed by atoms with E-state index in [1.54, 1.807) is 18.2 Å². The van der Waals surface area contributed by atoms with Gasteiger partial charge in [-0.15, -0.1) is 0 Å². The van der Waals surface area contributed by atoms with Crippen LogP contribution in [0, 0.1) is 10.1 Å². The van der Waals surface area contributed by atoms with Gasteiger partial charge in [-0.1, -0.05) is 6.07 Å². The summed E-state index contributed by atoms with van der Waals surface area (Å²) in [4.78, 5) is 10.6. The van der Waals surface area contributed by atoms with Gasteiger partial charge in [-0.05, 0) is 31.4 Å². The number of hydrogen-bond donors (Lipinski definition) is 1. The highest BCUT2D eigenvalue weighted by Gasteiger charge is 2.24. The first-order valence-electron chi connectivity index (χ1n) is 5.30. The molecule has 0 saturated heterocycles. The number of hydrogen-bond acceptors (Lipinski definition) is 4. The van der Waals surface area contributed by atoms with Gasteiger partial charge in [0, 0.05) is 6.04 Å². The Balaban J connectivity index is 2.30. The molecule has 1 aliphatic carbocycles. The summed E-state index contributed by atoms with van der Waals surface area (Å²) in [7, 11) is 1.44. The van der Waals surface area contributed by atoms with Gasteiger partial charge in [0.25, 0.3) is 0 Å². The van der Waals surface area contributed by atoms with E-state index >= 15 is 0 Å². The molecule has 0 aromatic heterocycles. The Morgan fingerprint density at radius 1 is 1.50 bits per heavy atom. The lowest BCUT2D eigenvalue weighted by Crippen LogP contribution is -2.27. The van der Waals surface area contributed by atoms with Gasteiger partial charge in [-0.3, -0.25) is 10.1 Å². The Kier molecular flexibility index (Phi) is 2.94. The highest BCUT2D eigenvalue weighted by Crippen LogP contribution is 2.36. The first kappa shape index (κ1) is 10.7. The molecule has 0 atom stereocenters. The number of para-hydroxylation sites is 1. The first-order chi connectivity index (χ1) is 7.72. The van der Waals surface area contributed by atoms with Crippen LogP contribution in [0.5, 0.6) is 5.75 Å². The number of ether oxygens (including phenoxy) is 1. The predicted octanol–water partition coefficient (Wildman–Crippen LogP) is 2.57. The van der Waals surface area contributed by atoms with Crippen molar-refractivity contribution >= 4 is 11.4 Å². The number of methoxy groups -OCH3 is 1. The van der Waals surface area contributed by atoms with E-state index < -0.39 is 4.92 Å². The van der Waals surface area contributed by atoms with E-state index in [2.05, 4.69) is 5.32 Å². The largest absolute Gasteiger partial charge is 0.490 e. The van der Waals surface area contributed by atoms with Gasteiger partial charge in [0.15, 0.2) is 5.75 Å². The van der Waals surface area contributed by atoms with Crippen molar-refractivity contribution in [2.45, 2.75) is 25.3 Å². The summed E-state index contributed by atoms with van der Waals surface area (Å²) in [6.07, 6.45) is 3.35. The number of nitrogens with zero attached hydrogens (tertiary/aromatic N) is 1. The molecule has 0 heterocycles. The molecule has 5 heteroatoms. The van der Waals surface area contributed by atoms with Crippen LogP contribution in [0.15, 0.2) is 18.2 Å². The minimum atomic E-state index is -0.403. The van der Waals surface area contributed by atoms with Crippen molar-refractivity contribution in [2.24, 2.45) is 0 Å². The van der Waals surface area contributed by atoms with Gasteiger partial charge in [0.1, 0.15) is 5.69 Å². The predicted molar refractivity (Wildman–Crippen MR) is 60.9 cm³/mol. The molecule has 0 unspecified atom stereocenters. The molecule has 0 bridgehead atoms. The second kappa shape index (κ2) is 4.38. The zero-order chi connectivity index (χ0) is 11.5. The summed E-state index contributed by atoms with van der Waals surface area (Å²) >= 11 is 0. The van der Waals surface area contributed by atoms with Crippen LogP contribution in [-0.4, -0.2) is 18.1 Å². The van der Waals surface area contributed by atoms with Gasteiger partial charge in [0.2, 0.25) is 0 Å². The van der Waals surface area contributed by atoms with Crippen molar-refractivity contribution in [3.63, 3.8) is 0 Å². The van der Waals surface area contributed by atoms with Gasteiger partial charge in [-0.2, -0.15) is 0 Å². The molecule has 0 radical (unpaired) electrons. The van der Waals surface area contributed by atoms with Crippen molar-refractivity contribution in [1.29, 1.82) is 0 Å². The normalized spacial score (nSPS) is 15.3. The van der Waals surface area contributed by atoms with Crippen LogP contribution < -0.4 is 10.1 Å². The number of nitrogens with one attached hydrogen (secondary N) is 1. The zero-order valence-electron chi connectivity index (χ0n) is 9.10. The molecule has 1 aromatic carbocycles. The van der Waals surface area contributed by atoms with Crippen LogP contribution in [0.25, 0.3) is 0 Å². The topological polar surface area (TPSA) is 64.4 Å². The van der Waals surface area contributed by atoms with E-state index in [1.165, 1.54) is 13.5 Å². The third kappa shape index (κ3) is 1.93. The van der Waals surface area contributed by atoms with Crippen molar-refractivity contribution < 1.29 is 9.66 Å². The summed E-state index contributed by atoms with van der Waals surface area (Å²) in [5.74, 6) is 0.300. The molecule has 1 saturated carbocycles. The number of anilines is 1. The number of nitro groups is 1. The molecule has 1 fully saturated rings. The Morgan fingerprint density at radius 2 is 2.25 bits per heavy atom. The summed E-state index contributed by atoms with van der Waals surface area (Å²) in [6.45, 7) is 0. The zero-order valence-corrected chi connectivity index (χ0v) is 9.10. The molecule has 1 aromatic rings. The summed E-state index contributed by atoms with van der Waals surface area (Å²) < 4.78 is 5.00. The van der Waals surface area contributed by atoms with E-state index in [0.29, 0.717) is 17.5 Å². The molecule has 0 spiro atoms. The van der Waals surface area contributed by atoms with Gasteiger partial charge >= 0.3 is 5.69 Å². The Labute approximate surface area is 93.6 Å². The van der Waals surface area contributed by atoms with E-state index in [4.69, 9.17) is 4.74 Å². The Morgan fingerprint density at radius 3 is 2.75 bits per heavy atom. The highest BCUT2D eigenvalue weighted by atomic mass is 16.6. The average Bonchev–Trinajstić information content (AvgIpc) is 2.22. The van der Waals surface area contributed by atoms with Crippen LogP contribution in [0.4, 0.5) is 11.4 Å². The third-order valence-electron chi connectivity index (χ3n) is 2.87. The molecule has 2 rings (SSSR count). The molecule has 5 nitrogen and oxygen atoms in total. The van der Waals surface area contributed by atoms with Gasteiger partial charge in [-0.25, -0.2) is 0 Å². The van der Waals surface area contributed by atoms with Crippen molar-refractivity contribution in [3.05, 3.63) is 28.3 Å². The van der Waals surface area contributed by atoms with Crippen LogP contribution in [-0.2, 0) is 0 Å². The lowest BCUT2D eigenvalue weighted by molar-refractivity contribution is -0.384. The Bertz CT molecular complexity index is 402. The van der Waals surface area contributed by atoms with Crippen molar-refractivity contribution in [3.8, 4) is 5.75 Å². The molecule has 0 amide bonds. The van der Waals surface area contributed by atoms with Crippen molar-refractivity contribution in [1.82, 2.24) is 0 Å². The minimum Gasteiger partial charge on any atom is -0.490 e. The van der Waals surface area contributed by atoms with Crippen LogP contribution in [0.2, 0.25) is 0 Å². The standard InChI is InChI=1S/C11H14N2O3/c1-16-10-7-3-6-9(11(10)13(14)15)12-8-4-2-5-8/h3,6-8,12H,2,4-5H2,1H3. The first-order valence-corrected chi connectivity index (χ1v) is 5.30. The van der Waals surface area contributed by atoms with Gasteiger partial charge in [0.05, 0.1) is 12.0 Å². The van der Waals surface area contributed by atoms with E-state index in [9.17, 15) is 10.1 Å². The monoisotopic (exact) mass is 222 g/mol. The second-order valence-electron chi connectivity index (χ2n) is 3.89. The van der Waals surface area contributed by atoms with Gasteiger partial charge < -0.3 is 10.1 Å². The maximum absolute atomic E-state index is 11.0. The highest BCUT2D eigenvalue weighted by molar-refractivity contribution is 5.68. The van der Waals surface area contributed by atoms with Crippen LogP contribution in [0.1, 0.15) is 19.3 Å². The van der Waals surface area contributed by atoms with Crippen LogP contribution in [0.3, 0.4) is 0 Å². The maximum atomic E-state index is 11.0. The van der Waals surface area contributed by atoms with E-state index in [-0.39, 0.29) is 5.69 Å². The smallest absolute Gasteiger partial charge is 0.333 e. The molecule has 1 aliphatic rings. The molecule has 0 aliphatic heterocycles. The molecule has 16 heavy (non-hydrogen) atoms. The number of nitro benzene ring substituents is 1. The summed E-state index contributed by atoms with van der Waals surface area (Å²) in [6, 6.07) is 5.45. The van der Waals surface area contributed by atoms with Crippen LogP contribution >= 0.6 is 0 Å². The Hall–Kier alpha value is -1.78. The molecule has 1 N–H and O–H groups in total. The molecular formula is C11H14N2O3. The summed E-state index contributed by atoms with van der Waals surface area (Å²) in [5, 5.41) is 14.2. The van der Waals surface area contributed by atoms with Crippen molar-refractivity contribution in [2.75, 3.05) is 12.4 Å². The minimum absolute atomic E-state index is 0.0249. The fraction of sp³-hybridized carbons (Fsp3) is 0.455. The molecule has 86 valence electrons. The number of benzene rings is 1. The van der Waals surface area contributed by atoms with E-state index in [1.807, 2.05) is 0 Å². The SMILES string of the molecule is COc1cccc(NC2CCC2)c1[N+](=O)[O-]. The number of rotatable bonds is 4. The third-order valence-corrected chi connectivity index (χ3v) is 2.87. The average molecular weight is 222 g/mol. The summed E-state index contributed by atoms with van der Waals surface area (Å²) in [5.41, 5.74) is 0.575. The van der Waals surface area contributed by atoms with E-state index in [0.717, 1.165) is 12.8 Å². The fourth-order valence-electron chi connectivity index (χ4n) is 1.76. The maximum Gasteiger partial charge on any atom is 0.333 e. The fourth-order valence-corrected chi connectivity index (χ4v) is 1.76. The quantitative estimate of drug-likeness (QED) is 0.628. The lowest BCUT2D eigenvalue weighted by Gasteiger charge is -2.27. The lowest BCUT2D eigenvalue weighted by atomic mass is 9.93. The molecular weight excluding hydrogens is 208 g/mol.